The molecule has 3 aliphatic carbocycles. The van der Waals surface area contributed by atoms with E-state index in [1.165, 1.54) is 96.3 Å². The summed E-state index contributed by atoms with van der Waals surface area (Å²) in [5.41, 5.74) is 0.709. The summed E-state index contributed by atoms with van der Waals surface area (Å²) in [4.78, 5) is 13.7. The molecule has 1 heteroatoms. The fourth-order valence-electron chi connectivity index (χ4n) is 9.63. The number of rotatable bonds is 15. The molecule has 0 radical (unpaired) electrons. The van der Waals surface area contributed by atoms with Gasteiger partial charge in [-0.25, -0.2) is 0 Å². The molecule has 3 fully saturated rings. The summed E-state index contributed by atoms with van der Waals surface area (Å²) >= 11 is 0. The van der Waals surface area contributed by atoms with Crippen LogP contribution in [0.15, 0.2) is 0 Å². The quantitative estimate of drug-likeness (QED) is 0.223. The first-order valence-electron chi connectivity index (χ1n) is 15.2. The van der Waals surface area contributed by atoms with Crippen molar-refractivity contribution in [2.45, 2.75) is 157 Å². The van der Waals surface area contributed by atoms with Crippen LogP contribution < -0.4 is 0 Å². The SMILES string of the molecule is CCCCCCCCCCCCCCCC(=O)C1(C)C[C@@H](C)[C@]23CC[C@@H](C)[C@H](C2)C(C)(C)[C@H]13. The molecular weight excluding hydrogens is 400 g/mol. The molecule has 192 valence electrons. The van der Waals surface area contributed by atoms with Crippen LogP contribution in [0.4, 0.5) is 0 Å². The van der Waals surface area contributed by atoms with Gasteiger partial charge in [-0.1, -0.05) is 119 Å². The van der Waals surface area contributed by atoms with Crippen LogP contribution in [0.5, 0.6) is 0 Å². The van der Waals surface area contributed by atoms with Gasteiger partial charge in [-0.3, -0.25) is 4.79 Å². The van der Waals surface area contributed by atoms with Crippen molar-refractivity contribution in [1.29, 1.82) is 0 Å². The normalized spacial score (nSPS) is 36.8. The Labute approximate surface area is 207 Å². The predicted molar refractivity (Wildman–Crippen MR) is 143 cm³/mol. The maximum absolute atomic E-state index is 13.7. The van der Waals surface area contributed by atoms with Crippen LogP contribution in [0.3, 0.4) is 0 Å². The fourth-order valence-corrected chi connectivity index (χ4v) is 9.63. The number of unbranched alkanes of at least 4 members (excludes halogenated alkanes) is 12. The zero-order valence-electron chi connectivity index (χ0n) is 23.4. The van der Waals surface area contributed by atoms with Gasteiger partial charge in [0.05, 0.1) is 0 Å². The Morgan fingerprint density at radius 3 is 1.82 bits per heavy atom. The minimum absolute atomic E-state index is 0.0706. The van der Waals surface area contributed by atoms with E-state index in [2.05, 4.69) is 41.5 Å². The van der Waals surface area contributed by atoms with Crippen molar-refractivity contribution in [1.82, 2.24) is 0 Å². The van der Waals surface area contributed by atoms with Crippen molar-refractivity contribution in [2.75, 3.05) is 0 Å². The molecular formula is C32H58O. The molecule has 0 aromatic rings. The minimum atomic E-state index is -0.0706. The molecule has 3 aliphatic rings. The number of carbonyl (C=O) groups is 1. The lowest BCUT2D eigenvalue weighted by molar-refractivity contribution is -0.133. The molecule has 0 saturated heterocycles. The number of hydrogen-bond donors (Lipinski definition) is 0. The number of Topliss-reactive ketones (excluding diaryl/α,β-unsaturated/α-hetero) is 1. The van der Waals surface area contributed by atoms with Gasteiger partial charge < -0.3 is 0 Å². The molecule has 1 nitrogen and oxygen atoms in total. The highest BCUT2D eigenvalue weighted by molar-refractivity contribution is 5.85. The number of carbonyl (C=O) groups excluding carboxylic acids is 1. The first-order chi connectivity index (χ1) is 15.7. The van der Waals surface area contributed by atoms with Crippen molar-refractivity contribution in [3.8, 4) is 0 Å². The van der Waals surface area contributed by atoms with E-state index in [1.54, 1.807) is 0 Å². The molecule has 1 spiro atoms. The van der Waals surface area contributed by atoms with Crippen molar-refractivity contribution >= 4 is 5.78 Å². The molecule has 3 saturated carbocycles. The van der Waals surface area contributed by atoms with E-state index in [9.17, 15) is 4.79 Å². The molecule has 33 heavy (non-hydrogen) atoms. The molecule has 0 aliphatic heterocycles. The van der Waals surface area contributed by atoms with Gasteiger partial charge in [-0.2, -0.15) is 0 Å². The van der Waals surface area contributed by atoms with E-state index >= 15 is 0 Å². The Bertz CT molecular complexity index is 620. The molecule has 1 unspecified atom stereocenters. The van der Waals surface area contributed by atoms with E-state index in [0.29, 0.717) is 22.5 Å². The van der Waals surface area contributed by atoms with Crippen molar-refractivity contribution < 1.29 is 4.79 Å². The molecule has 0 heterocycles. The van der Waals surface area contributed by atoms with Crippen LogP contribution in [0.2, 0.25) is 0 Å². The van der Waals surface area contributed by atoms with Gasteiger partial charge >= 0.3 is 0 Å². The van der Waals surface area contributed by atoms with Gasteiger partial charge in [0.15, 0.2) is 0 Å². The fraction of sp³-hybridized carbons (Fsp3) is 0.969. The van der Waals surface area contributed by atoms with Crippen LogP contribution in [0, 0.1) is 39.9 Å². The Morgan fingerprint density at radius 2 is 1.27 bits per heavy atom. The van der Waals surface area contributed by atoms with E-state index in [1.807, 2.05) is 0 Å². The average Bonchev–Trinajstić information content (AvgIpc) is 3.13. The maximum atomic E-state index is 13.7. The average molecular weight is 459 g/mol. The highest BCUT2D eigenvalue weighted by Crippen LogP contribution is 2.77. The summed E-state index contributed by atoms with van der Waals surface area (Å²) in [5, 5.41) is 0. The summed E-state index contributed by atoms with van der Waals surface area (Å²) in [6.45, 7) is 14.7. The maximum Gasteiger partial charge on any atom is 0.139 e. The van der Waals surface area contributed by atoms with Crippen molar-refractivity contribution in [3.05, 3.63) is 0 Å². The van der Waals surface area contributed by atoms with E-state index in [0.717, 1.165) is 37.0 Å². The number of fused-ring (bicyclic) bond motifs is 1. The largest absolute Gasteiger partial charge is 0.299 e. The lowest BCUT2D eigenvalue weighted by atomic mass is 9.60. The lowest BCUT2D eigenvalue weighted by Gasteiger charge is -2.43. The zero-order valence-corrected chi connectivity index (χ0v) is 23.4. The first kappa shape index (κ1) is 27.3. The van der Waals surface area contributed by atoms with Crippen molar-refractivity contribution in [2.24, 2.45) is 39.9 Å². The summed E-state index contributed by atoms with van der Waals surface area (Å²) < 4.78 is 0. The monoisotopic (exact) mass is 458 g/mol. The van der Waals surface area contributed by atoms with Gasteiger partial charge in [0, 0.05) is 11.8 Å². The third-order valence-corrected chi connectivity index (χ3v) is 11.1. The van der Waals surface area contributed by atoms with Gasteiger partial charge in [0.2, 0.25) is 0 Å². The minimum Gasteiger partial charge on any atom is -0.299 e. The summed E-state index contributed by atoms with van der Waals surface area (Å²) in [5.74, 6) is 3.61. The van der Waals surface area contributed by atoms with Crippen molar-refractivity contribution in [3.63, 3.8) is 0 Å². The smallest absolute Gasteiger partial charge is 0.139 e. The topological polar surface area (TPSA) is 17.1 Å². The Kier molecular flexibility index (Phi) is 9.59. The van der Waals surface area contributed by atoms with Gasteiger partial charge in [0.1, 0.15) is 5.78 Å². The number of ketones is 1. The van der Waals surface area contributed by atoms with Crippen LogP contribution in [0.25, 0.3) is 0 Å². The third kappa shape index (κ3) is 5.58. The molecule has 0 amide bonds. The number of hydrogen-bond acceptors (Lipinski definition) is 1. The third-order valence-electron chi connectivity index (χ3n) is 11.1. The van der Waals surface area contributed by atoms with Crippen LogP contribution in [0.1, 0.15) is 157 Å². The van der Waals surface area contributed by atoms with E-state index in [-0.39, 0.29) is 5.41 Å². The molecule has 0 aromatic heterocycles. The zero-order chi connectivity index (χ0) is 24.1. The molecule has 0 aromatic carbocycles. The van der Waals surface area contributed by atoms with Crippen LogP contribution in [-0.2, 0) is 4.79 Å². The molecule has 6 atom stereocenters. The molecule has 2 bridgehead atoms. The Balaban J connectivity index is 1.36. The Hall–Kier alpha value is -0.330. The molecule has 3 rings (SSSR count). The summed E-state index contributed by atoms with van der Waals surface area (Å²) in [6, 6.07) is 0. The highest BCUT2D eigenvalue weighted by Gasteiger charge is 2.72. The van der Waals surface area contributed by atoms with E-state index in [4.69, 9.17) is 0 Å². The summed E-state index contributed by atoms with van der Waals surface area (Å²) in [7, 11) is 0. The van der Waals surface area contributed by atoms with Gasteiger partial charge in [0.25, 0.3) is 0 Å². The molecule has 0 N–H and O–H groups in total. The van der Waals surface area contributed by atoms with Gasteiger partial charge in [-0.15, -0.1) is 0 Å². The first-order valence-corrected chi connectivity index (χ1v) is 15.2. The second-order valence-electron chi connectivity index (χ2n) is 13.8. The second kappa shape index (κ2) is 11.6. The van der Waals surface area contributed by atoms with Crippen LogP contribution >= 0.6 is 0 Å². The highest BCUT2D eigenvalue weighted by atomic mass is 16.1. The van der Waals surface area contributed by atoms with Crippen LogP contribution in [-0.4, -0.2) is 5.78 Å². The van der Waals surface area contributed by atoms with E-state index < -0.39 is 0 Å². The van der Waals surface area contributed by atoms with Gasteiger partial charge in [-0.05, 0) is 66.6 Å². The second-order valence-corrected chi connectivity index (χ2v) is 13.8. The standard InChI is InChI=1S/C32H58O/c1-7-8-9-10-11-12-13-14-15-16-17-18-19-20-28(33)31(6)23-26(3)32-22-21-25(2)27(24-32)30(4,5)29(31)32/h25-27,29H,7-24H2,1-6H3/t25-,26-,27+,29-,31?,32+/m1/s1. The Morgan fingerprint density at radius 1 is 0.758 bits per heavy atom. The summed E-state index contributed by atoms with van der Waals surface area (Å²) in [6.07, 6.45) is 24.0. The predicted octanol–water partition coefficient (Wildman–Crippen LogP) is 10.2. The lowest BCUT2D eigenvalue weighted by Crippen LogP contribution is -2.43.